The molecule has 96 valence electrons. The molecular weight excluding hydrogens is 218 g/mol. The molecule has 17 heavy (non-hydrogen) atoms. The highest BCUT2D eigenvalue weighted by atomic mass is 16.3. The van der Waals surface area contributed by atoms with Gasteiger partial charge in [-0.25, -0.2) is 0 Å². The molecule has 1 aromatic heterocycles. The van der Waals surface area contributed by atoms with Gasteiger partial charge in [0, 0.05) is 24.8 Å². The van der Waals surface area contributed by atoms with Crippen LogP contribution in [0.25, 0.3) is 0 Å². The van der Waals surface area contributed by atoms with E-state index in [0.29, 0.717) is 18.1 Å². The number of aliphatic hydroxyl groups is 1. The number of nitrogens with two attached hydrogens (primary N) is 1. The summed E-state index contributed by atoms with van der Waals surface area (Å²) in [5, 5.41) is 15.3. The maximum atomic E-state index is 8.96. The highest BCUT2D eigenvalue weighted by Gasteiger charge is 2.17. The maximum absolute atomic E-state index is 8.96. The molecule has 0 radical (unpaired) electrons. The molecule has 0 unspecified atom stereocenters. The number of nitrogen functional groups attached to an aromatic ring is 1. The summed E-state index contributed by atoms with van der Waals surface area (Å²) < 4.78 is 0. The van der Waals surface area contributed by atoms with Gasteiger partial charge in [-0.15, -0.1) is 0 Å². The molecule has 0 amide bonds. The van der Waals surface area contributed by atoms with Gasteiger partial charge in [0.2, 0.25) is 5.95 Å². The predicted molar refractivity (Wildman–Crippen MR) is 70.0 cm³/mol. The lowest BCUT2D eigenvalue weighted by molar-refractivity contribution is 0.260. The van der Waals surface area contributed by atoms with E-state index >= 15 is 0 Å². The van der Waals surface area contributed by atoms with Crippen molar-refractivity contribution in [3.05, 3.63) is 6.07 Å². The van der Waals surface area contributed by atoms with Gasteiger partial charge in [-0.1, -0.05) is 0 Å². The second-order valence-corrected chi connectivity index (χ2v) is 4.51. The molecule has 0 aromatic carbocycles. The van der Waals surface area contributed by atoms with Crippen molar-refractivity contribution < 1.29 is 5.11 Å². The van der Waals surface area contributed by atoms with Crippen molar-refractivity contribution in [2.75, 3.05) is 29.5 Å². The van der Waals surface area contributed by atoms with Crippen molar-refractivity contribution in [3.63, 3.8) is 0 Å². The quantitative estimate of drug-likeness (QED) is 0.593. The Labute approximate surface area is 102 Å². The molecule has 0 aliphatic rings. The third kappa shape index (κ3) is 4.44. The van der Waals surface area contributed by atoms with E-state index in [1.54, 1.807) is 6.07 Å². The molecule has 1 rings (SSSR count). The first-order valence-electron chi connectivity index (χ1n) is 5.74. The average molecular weight is 239 g/mol. The van der Waals surface area contributed by atoms with E-state index in [1.165, 1.54) is 0 Å². The van der Waals surface area contributed by atoms with Crippen LogP contribution in [-0.4, -0.2) is 33.8 Å². The summed E-state index contributed by atoms with van der Waals surface area (Å²) in [7, 11) is 0. The minimum Gasteiger partial charge on any atom is -0.396 e. The van der Waals surface area contributed by atoms with Crippen LogP contribution < -0.4 is 16.4 Å². The molecule has 1 aromatic rings. The molecule has 0 fully saturated rings. The van der Waals surface area contributed by atoms with E-state index in [4.69, 9.17) is 10.8 Å². The summed E-state index contributed by atoms with van der Waals surface area (Å²) in [5.41, 5.74) is 5.39. The second-order valence-electron chi connectivity index (χ2n) is 4.51. The summed E-state index contributed by atoms with van der Waals surface area (Å²) in [6, 6.07) is 1.80. The lowest BCUT2D eigenvalue weighted by Gasteiger charge is -2.26. The van der Waals surface area contributed by atoms with Gasteiger partial charge in [-0.3, -0.25) is 0 Å². The molecule has 6 heteroatoms. The number of hydrogen-bond acceptors (Lipinski definition) is 6. The summed E-state index contributed by atoms with van der Waals surface area (Å²) in [6.45, 7) is 6.88. The minimum absolute atomic E-state index is 0.126. The molecule has 0 aliphatic carbocycles. The fourth-order valence-electron chi connectivity index (χ4n) is 1.49. The smallest absolute Gasteiger partial charge is 0.223 e. The Morgan fingerprint density at radius 1 is 1.35 bits per heavy atom. The molecule has 0 atom stereocenters. The first kappa shape index (κ1) is 13.5. The van der Waals surface area contributed by atoms with Crippen LogP contribution >= 0.6 is 0 Å². The van der Waals surface area contributed by atoms with Gasteiger partial charge in [0.1, 0.15) is 11.6 Å². The number of nitrogens with one attached hydrogen (secondary N) is 2. The lowest BCUT2D eigenvalue weighted by atomic mass is 10.0. The van der Waals surface area contributed by atoms with Crippen molar-refractivity contribution in [2.45, 2.75) is 32.7 Å². The first-order valence-corrected chi connectivity index (χ1v) is 5.74. The summed E-state index contributed by atoms with van der Waals surface area (Å²) in [4.78, 5) is 8.18. The summed E-state index contributed by atoms with van der Waals surface area (Å²) in [5.74, 6) is 1.58. The zero-order valence-corrected chi connectivity index (χ0v) is 10.6. The topological polar surface area (TPSA) is 96.1 Å². The van der Waals surface area contributed by atoms with E-state index < -0.39 is 0 Å². The highest BCUT2D eigenvalue weighted by Crippen LogP contribution is 2.19. The van der Waals surface area contributed by atoms with Crippen molar-refractivity contribution >= 4 is 17.6 Å². The van der Waals surface area contributed by atoms with Crippen molar-refractivity contribution in [1.82, 2.24) is 9.97 Å². The van der Waals surface area contributed by atoms with Crippen molar-refractivity contribution in [1.29, 1.82) is 0 Å². The van der Waals surface area contributed by atoms with Gasteiger partial charge in [-0.05, 0) is 27.2 Å². The number of hydrogen-bond donors (Lipinski definition) is 4. The monoisotopic (exact) mass is 239 g/mol. The van der Waals surface area contributed by atoms with Crippen LogP contribution in [0.1, 0.15) is 27.2 Å². The SMILES string of the molecule is CCNc1cc(NC(C)(C)CCO)nc(N)n1. The minimum atomic E-state index is -0.237. The van der Waals surface area contributed by atoms with Crippen LogP contribution in [0.5, 0.6) is 0 Å². The van der Waals surface area contributed by atoms with Gasteiger partial charge in [-0.2, -0.15) is 9.97 Å². The van der Waals surface area contributed by atoms with Gasteiger partial charge in [0.15, 0.2) is 0 Å². The Balaban J connectivity index is 2.83. The largest absolute Gasteiger partial charge is 0.396 e. The Morgan fingerprint density at radius 2 is 2.00 bits per heavy atom. The zero-order chi connectivity index (χ0) is 12.9. The first-order chi connectivity index (χ1) is 7.96. The Morgan fingerprint density at radius 3 is 2.59 bits per heavy atom. The standard InChI is InChI=1S/C11H21N5O/c1-4-13-8-7-9(15-10(12)14-8)16-11(2,3)5-6-17/h7,17H,4-6H2,1-3H3,(H4,12,13,14,15,16). The fraction of sp³-hybridized carbons (Fsp3) is 0.636. The normalized spacial score (nSPS) is 11.3. The predicted octanol–water partition coefficient (Wildman–Crippen LogP) is 1.06. The van der Waals surface area contributed by atoms with Crippen LogP contribution in [0.15, 0.2) is 6.07 Å². The van der Waals surface area contributed by atoms with E-state index in [0.717, 1.165) is 6.54 Å². The third-order valence-corrected chi connectivity index (χ3v) is 2.30. The molecule has 1 heterocycles. The zero-order valence-electron chi connectivity index (χ0n) is 10.6. The molecular formula is C11H21N5O. The van der Waals surface area contributed by atoms with Crippen LogP contribution in [0, 0.1) is 0 Å². The Kier molecular flexibility index (Phi) is 4.51. The van der Waals surface area contributed by atoms with E-state index in [9.17, 15) is 0 Å². The highest BCUT2D eigenvalue weighted by molar-refractivity contribution is 5.51. The molecule has 0 bridgehead atoms. The lowest BCUT2D eigenvalue weighted by Crippen LogP contribution is -2.32. The van der Waals surface area contributed by atoms with Crippen molar-refractivity contribution in [3.8, 4) is 0 Å². The van der Waals surface area contributed by atoms with Gasteiger partial charge < -0.3 is 21.5 Å². The average Bonchev–Trinajstić information content (AvgIpc) is 2.15. The number of rotatable bonds is 6. The van der Waals surface area contributed by atoms with E-state index in [-0.39, 0.29) is 18.1 Å². The second kappa shape index (κ2) is 5.67. The number of anilines is 3. The van der Waals surface area contributed by atoms with Crippen LogP contribution in [-0.2, 0) is 0 Å². The van der Waals surface area contributed by atoms with E-state index in [2.05, 4.69) is 20.6 Å². The maximum Gasteiger partial charge on any atom is 0.223 e. The molecule has 0 spiro atoms. The van der Waals surface area contributed by atoms with Gasteiger partial charge >= 0.3 is 0 Å². The van der Waals surface area contributed by atoms with Gasteiger partial charge in [0.05, 0.1) is 0 Å². The van der Waals surface area contributed by atoms with Crippen LogP contribution in [0.2, 0.25) is 0 Å². The number of nitrogens with zero attached hydrogens (tertiary/aromatic N) is 2. The molecule has 0 saturated heterocycles. The third-order valence-electron chi connectivity index (χ3n) is 2.30. The van der Waals surface area contributed by atoms with Crippen LogP contribution in [0.4, 0.5) is 17.6 Å². The van der Waals surface area contributed by atoms with Crippen molar-refractivity contribution in [2.24, 2.45) is 0 Å². The molecule has 6 nitrogen and oxygen atoms in total. The van der Waals surface area contributed by atoms with Crippen LogP contribution in [0.3, 0.4) is 0 Å². The van der Waals surface area contributed by atoms with Gasteiger partial charge in [0.25, 0.3) is 0 Å². The number of aliphatic hydroxyl groups excluding tert-OH is 1. The summed E-state index contributed by atoms with van der Waals surface area (Å²) in [6.07, 6.45) is 0.632. The molecule has 0 aliphatic heterocycles. The molecule has 5 N–H and O–H groups in total. The Hall–Kier alpha value is -1.56. The number of aromatic nitrogens is 2. The van der Waals surface area contributed by atoms with E-state index in [1.807, 2.05) is 20.8 Å². The summed E-state index contributed by atoms with van der Waals surface area (Å²) >= 11 is 0. The molecule has 0 saturated carbocycles. The fourth-order valence-corrected chi connectivity index (χ4v) is 1.49. The Bertz CT molecular complexity index is 367.